The van der Waals surface area contributed by atoms with Crippen LogP contribution in [0.1, 0.15) is 0 Å². The molecule has 0 spiro atoms. The van der Waals surface area contributed by atoms with Crippen LogP contribution in [-0.2, 0) is 0 Å². The minimum absolute atomic E-state index is 0.178. The summed E-state index contributed by atoms with van der Waals surface area (Å²) < 4.78 is 5.38. The highest BCUT2D eigenvalue weighted by atomic mass is 35.5. The van der Waals surface area contributed by atoms with E-state index in [1.54, 1.807) is 24.3 Å². The Bertz CT molecular complexity index is 386. The summed E-state index contributed by atoms with van der Waals surface area (Å²) in [6.07, 6.45) is -0.635. The first kappa shape index (κ1) is 15.6. The van der Waals surface area contributed by atoms with E-state index in [2.05, 4.69) is 10.6 Å². The zero-order chi connectivity index (χ0) is 14.1. The van der Waals surface area contributed by atoms with Gasteiger partial charge in [-0.05, 0) is 24.3 Å². The zero-order valence-electron chi connectivity index (χ0n) is 10.4. The molecular formula is C12H18ClN3O3. The van der Waals surface area contributed by atoms with E-state index < -0.39 is 12.1 Å². The number of carbonyl (C=O) groups excluding carboxylic acids is 1. The number of amides is 2. The van der Waals surface area contributed by atoms with Crippen LogP contribution in [0.3, 0.4) is 0 Å². The summed E-state index contributed by atoms with van der Waals surface area (Å²) in [4.78, 5) is 10.4. The SMILES string of the molecule is NC(=O)NCCNCC(O)COc1ccc(Cl)cc1. The molecule has 1 unspecified atom stereocenters. The fraction of sp³-hybridized carbons (Fsp3) is 0.417. The Morgan fingerprint density at radius 2 is 2.05 bits per heavy atom. The maximum absolute atomic E-state index is 10.4. The number of nitrogens with two attached hydrogens (primary N) is 1. The smallest absolute Gasteiger partial charge is 0.312 e. The van der Waals surface area contributed by atoms with Crippen molar-refractivity contribution in [1.29, 1.82) is 0 Å². The van der Waals surface area contributed by atoms with Gasteiger partial charge >= 0.3 is 6.03 Å². The second-order valence-corrected chi connectivity index (χ2v) is 4.35. The number of primary amides is 1. The van der Waals surface area contributed by atoms with Gasteiger partial charge in [0.15, 0.2) is 0 Å². The highest BCUT2D eigenvalue weighted by Crippen LogP contribution is 2.15. The van der Waals surface area contributed by atoms with Crippen molar-refractivity contribution >= 4 is 17.6 Å². The summed E-state index contributed by atoms with van der Waals surface area (Å²) in [5, 5.41) is 15.7. The average Bonchev–Trinajstić information content (AvgIpc) is 2.37. The highest BCUT2D eigenvalue weighted by Gasteiger charge is 2.04. The Morgan fingerprint density at radius 3 is 2.68 bits per heavy atom. The van der Waals surface area contributed by atoms with Crippen LogP contribution in [0.15, 0.2) is 24.3 Å². The molecule has 0 aromatic heterocycles. The number of halogens is 1. The molecular weight excluding hydrogens is 270 g/mol. The van der Waals surface area contributed by atoms with Crippen LogP contribution in [0.25, 0.3) is 0 Å². The number of aliphatic hydroxyl groups is 1. The monoisotopic (exact) mass is 287 g/mol. The van der Waals surface area contributed by atoms with E-state index >= 15 is 0 Å². The fourth-order valence-electron chi connectivity index (χ4n) is 1.32. The van der Waals surface area contributed by atoms with Crippen LogP contribution in [0.4, 0.5) is 4.79 Å². The largest absolute Gasteiger partial charge is 0.491 e. The normalized spacial score (nSPS) is 11.9. The van der Waals surface area contributed by atoms with Gasteiger partial charge in [0.2, 0.25) is 0 Å². The van der Waals surface area contributed by atoms with E-state index in [1.807, 2.05) is 0 Å². The van der Waals surface area contributed by atoms with E-state index in [4.69, 9.17) is 22.1 Å². The number of urea groups is 1. The van der Waals surface area contributed by atoms with Crippen molar-refractivity contribution in [2.45, 2.75) is 6.10 Å². The number of carbonyl (C=O) groups is 1. The second kappa shape index (κ2) is 8.58. The van der Waals surface area contributed by atoms with Crippen molar-refractivity contribution in [3.63, 3.8) is 0 Å². The van der Waals surface area contributed by atoms with E-state index in [0.29, 0.717) is 30.4 Å². The predicted molar refractivity (Wildman–Crippen MR) is 73.4 cm³/mol. The van der Waals surface area contributed by atoms with Crippen molar-refractivity contribution in [2.24, 2.45) is 5.73 Å². The van der Waals surface area contributed by atoms with E-state index in [9.17, 15) is 9.90 Å². The molecule has 0 aliphatic carbocycles. The van der Waals surface area contributed by atoms with Gasteiger partial charge in [0.1, 0.15) is 18.5 Å². The zero-order valence-corrected chi connectivity index (χ0v) is 11.2. The first-order valence-electron chi connectivity index (χ1n) is 5.88. The lowest BCUT2D eigenvalue weighted by molar-refractivity contribution is 0.106. The van der Waals surface area contributed by atoms with Gasteiger partial charge in [0.25, 0.3) is 0 Å². The first-order chi connectivity index (χ1) is 9.08. The summed E-state index contributed by atoms with van der Waals surface area (Å²) in [7, 11) is 0. The second-order valence-electron chi connectivity index (χ2n) is 3.91. The van der Waals surface area contributed by atoms with Gasteiger partial charge in [-0.25, -0.2) is 4.79 Å². The number of hydrogen-bond acceptors (Lipinski definition) is 4. The molecule has 19 heavy (non-hydrogen) atoms. The fourth-order valence-corrected chi connectivity index (χ4v) is 1.45. The van der Waals surface area contributed by atoms with Gasteiger partial charge in [-0.2, -0.15) is 0 Å². The third-order valence-corrected chi connectivity index (χ3v) is 2.49. The number of benzene rings is 1. The average molecular weight is 288 g/mol. The lowest BCUT2D eigenvalue weighted by Gasteiger charge is -2.13. The molecule has 0 aliphatic rings. The molecule has 106 valence electrons. The summed E-state index contributed by atoms with van der Waals surface area (Å²) in [5.41, 5.74) is 4.90. The van der Waals surface area contributed by atoms with Crippen LogP contribution in [0.2, 0.25) is 5.02 Å². The van der Waals surface area contributed by atoms with Crippen molar-refractivity contribution in [2.75, 3.05) is 26.2 Å². The topological polar surface area (TPSA) is 96.6 Å². The number of hydrogen-bond donors (Lipinski definition) is 4. The van der Waals surface area contributed by atoms with Crippen LogP contribution in [0.5, 0.6) is 5.75 Å². The molecule has 0 saturated heterocycles. The van der Waals surface area contributed by atoms with Crippen LogP contribution >= 0.6 is 11.6 Å². The van der Waals surface area contributed by atoms with Crippen molar-refractivity contribution in [3.05, 3.63) is 29.3 Å². The van der Waals surface area contributed by atoms with Crippen LogP contribution < -0.4 is 21.1 Å². The third-order valence-electron chi connectivity index (χ3n) is 2.24. The quantitative estimate of drug-likeness (QED) is 0.518. The molecule has 0 saturated carbocycles. The predicted octanol–water partition coefficient (Wildman–Crippen LogP) is 0.338. The maximum atomic E-state index is 10.4. The molecule has 1 rings (SSSR count). The molecule has 7 heteroatoms. The molecule has 1 atom stereocenters. The maximum Gasteiger partial charge on any atom is 0.312 e. The summed E-state index contributed by atoms with van der Waals surface area (Å²) in [5.74, 6) is 0.652. The molecule has 1 aromatic carbocycles. The lowest BCUT2D eigenvalue weighted by Crippen LogP contribution is -2.38. The number of rotatable bonds is 8. The van der Waals surface area contributed by atoms with Gasteiger partial charge < -0.3 is 26.2 Å². The Morgan fingerprint density at radius 1 is 1.37 bits per heavy atom. The van der Waals surface area contributed by atoms with Gasteiger partial charge in [-0.15, -0.1) is 0 Å². The summed E-state index contributed by atoms with van der Waals surface area (Å²) >= 11 is 5.74. The van der Waals surface area contributed by atoms with Crippen molar-refractivity contribution in [1.82, 2.24) is 10.6 Å². The van der Waals surface area contributed by atoms with E-state index in [0.717, 1.165) is 0 Å². The van der Waals surface area contributed by atoms with Gasteiger partial charge in [0, 0.05) is 24.7 Å². The van der Waals surface area contributed by atoms with E-state index in [-0.39, 0.29) is 6.61 Å². The first-order valence-corrected chi connectivity index (χ1v) is 6.26. The molecule has 0 aliphatic heterocycles. The van der Waals surface area contributed by atoms with Gasteiger partial charge in [-0.1, -0.05) is 11.6 Å². The molecule has 0 fully saturated rings. The number of nitrogens with one attached hydrogen (secondary N) is 2. The minimum atomic E-state index is -0.635. The lowest BCUT2D eigenvalue weighted by atomic mass is 10.3. The van der Waals surface area contributed by atoms with E-state index in [1.165, 1.54) is 0 Å². The molecule has 2 amide bonds. The third kappa shape index (κ3) is 7.50. The molecule has 5 N–H and O–H groups in total. The number of aliphatic hydroxyl groups excluding tert-OH is 1. The molecule has 0 heterocycles. The Hall–Kier alpha value is -1.50. The Labute approximate surface area is 116 Å². The van der Waals surface area contributed by atoms with Crippen molar-refractivity contribution < 1.29 is 14.6 Å². The van der Waals surface area contributed by atoms with Gasteiger partial charge in [-0.3, -0.25) is 0 Å². The van der Waals surface area contributed by atoms with Crippen LogP contribution in [0, 0.1) is 0 Å². The summed E-state index contributed by atoms with van der Waals surface area (Å²) in [6.45, 7) is 1.49. The summed E-state index contributed by atoms with van der Waals surface area (Å²) in [6, 6.07) is 6.35. The minimum Gasteiger partial charge on any atom is -0.491 e. The Kier molecular flexibility index (Phi) is 7.02. The van der Waals surface area contributed by atoms with Crippen LogP contribution in [-0.4, -0.2) is 43.5 Å². The van der Waals surface area contributed by atoms with Gasteiger partial charge in [0.05, 0.1) is 0 Å². The molecule has 1 aromatic rings. The van der Waals surface area contributed by atoms with Crippen molar-refractivity contribution in [3.8, 4) is 5.75 Å². The Balaban J connectivity index is 2.09. The standard InChI is InChI=1S/C12H18ClN3O3/c13-9-1-3-11(4-2-9)19-8-10(17)7-15-5-6-16-12(14)18/h1-4,10,15,17H,5-8H2,(H3,14,16,18). The molecule has 0 bridgehead atoms. The number of ether oxygens (including phenoxy) is 1. The highest BCUT2D eigenvalue weighted by molar-refractivity contribution is 6.30. The molecule has 6 nitrogen and oxygen atoms in total. The molecule has 0 radical (unpaired) electrons.